The van der Waals surface area contributed by atoms with Gasteiger partial charge in [-0.15, -0.1) is 0 Å². The Morgan fingerprint density at radius 1 is 1.29 bits per heavy atom. The first-order chi connectivity index (χ1) is 8.11. The van der Waals surface area contributed by atoms with Gasteiger partial charge < -0.3 is 0 Å². The maximum atomic E-state index is 4.66. The van der Waals surface area contributed by atoms with Crippen molar-refractivity contribution in [2.75, 3.05) is 11.5 Å². The van der Waals surface area contributed by atoms with E-state index in [1.165, 1.54) is 23.6 Å². The van der Waals surface area contributed by atoms with Gasteiger partial charge in [0.05, 0.1) is 0 Å². The molecule has 1 aromatic heterocycles. The minimum Gasteiger partial charge on any atom is -0.261 e. The molecule has 1 aliphatic rings. The molecule has 2 rings (SSSR count). The lowest BCUT2D eigenvalue weighted by Crippen LogP contribution is -2.15. The van der Waals surface area contributed by atoms with Crippen molar-refractivity contribution in [1.29, 1.82) is 0 Å². The van der Waals surface area contributed by atoms with Crippen LogP contribution in [0.2, 0.25) is 0 Å². The molecule has 0 N–H and O–H groups in total. The molecule has 1 nitrogen and oxygen atoms in total. The third-order valence-corrected chi connectivity index (χ3v) is 4.73. The molecule has 0 aromatic carbocycles. The fraction of sp³-hybridized carbons (Fsp3) is 0.667. The van der Waals surface area contributed by atoms with E-state index in [2.05, 4.69) is 50.5 Å². The predicted molar refractivity (Wildman–Crippen MR) is 76.9 cm³/mol. The molecule has 1 unspecified atom stereocenters. The Balaban J connectivity index is 2.52. The van der Waals surface area contributed by atoms with E-state index in [0.29, 0.717) is 17.8 Å². The first kappa shape index (κ1) is 12.9. The zero-order valence-electron chi connectivity index (χ0n) is 11.4. The van der Waals surface area contributed by atoms with Crippen LogP contribution in [0.15, 0.2) is 12.3 Å². The topological polar surface area (TPSA) is 12.9 Å². The third-order valence-electron chi connectivity index (χ3n) is 3.65. The van der Waals surface area contributed by atoms with Gasteiger partial charge in [-0.25, -0.2) is 0 Å². The van der Waals surface area contributed by atoms with Crippen molar-refractivity contribution in [2.45, 2.75) is 46.0 Å². The Morgan fingerprint density at radius 2 is 2.06 bits per heavy atom. The average Bonchev–Trinajstić information content (AvgIpc) is 2.50. The van der Waals surface area contributed by atoms with Gasteiger partial charge in [-0.3, -0.25) is 4.98 Å². The number of aryl methyl sites for hydroxylation is 1. The van der Waals surface area contributed by atoms with E-state index in [1.54, 1.807) is 11.1 Å². The van der Waals surface area contributed by atoms with E-state index in [4.69, 9.17) is 0 Å². The van der Waals surface area contributed by atoms with Gasteiger partial charge in [0.2, 0.25) is 0 Å². The van der Waals surface area contributed by atoms with Gasteiger partial charge >= 0.3 is 0 Å². The summed E-state index contributed by atoms with van der Waals surface area (Å²) in [6.45, 7) is 9.21. The third kappa shape index (κ3) is 2.67. The molecule has 2 heteroatoms. The minimum atomic E-state index is 0.536. The Morgan fingerprint density at radius 3 is 2.71 bits per heavy atom. The summed E-state index contributed by atoms with van der Waals surface area (Å²) in [7, 11) is 0. The zero-order chi connectivity index (χ0) is 12.4. The predicted octanol–water partition coefficient (Wildman–Crippen LogP) is 4.23. The average molecular weight is 249 g/mol. The molecule has 94 valence electrons. The summed E-state index contributed by atoms with van der Waals surface area (Å²) in [6.07, 6.45) is 3.22. The van der Waals surface area contributed by atoms with Crippen molar-refractivity contribution < 1.29 is 0 Å². The van der Waals surface area contributed by atoms with Crippen molar-refractivity contribution in [3.63, 3.8) is 0 Å². The second-order valence-electron chi connectivity index (χ2n) is 5.60. The number of pyridine rings is 1. The summed E-state index contributed by atoms with van der Waals surface area (Å²) >= 11 is 2.10. The summed E-state index contributed by atoms with van der Waals surface area (Å²) in [5.74, 6) is 4.45. The normalized spacial score (nSPS) is 20.5. The largest absolute Gasteiger partial charge is 0.261 e. The summed E-state index contributed by atoms with van der Waals surface area (Å²) in [5, 5.41) is 0. The van der Waals surface area contributed by atoms with Crippen molar-refractivity contribution in [3.05, 3.63) is 29.1 Å². The van der Waals surface area contributed by atoms with E-state index < -0.39 is 0 Å². The van der Waals surface area contributed by atoms with Gasteiger partial charge in [0.1, 0.15) is 0 Å². The standard InChI is InChI=1S/C15H23NS/c1-10(2)13-9-17-8-6-12-5-7-16-15(11(3)4)14(12)13/h5,7,10-11,13H,6,8-9H2,1-4H3. The lowest BCUT2D eigenvalue weighted by atomic mass is 9.83. The number of fused-ring (bicyclic) bond motifs is 1. The number of hydrogen-bond acceptors (Lipinski definition) is 2. The van der Waals surface area contributed by atoms with E-state index in [0.717, 1.165) is 0 Å². The van der Waals surface area contributed by atoms with Crippen LogP contribution in [0.5, 0.6) is 0 Å². The highest BCUT2D eigenvalue weighted by atomic mass is 32.2. The number of hydrogen-bond donors (Lipinski definition) is 0. The van der Waals surface area contributed by atoms with Crippen LogP contribution in [-0.2, 0) is 6.42 Å². The Bertz CT molecular complexity index is 385. The van der Waals surface area contributed by atoms with Crippen molar-refractivity contribution in [2.24, 2.45) is 5.92 Å². The molecule has 0 fully saturated rings. The van der Waals surface area contributed by atoms with E-state index >= 15 is 0 Å². The van der Waals surface area contributed by atoms with E-state index in [9.17, 15) is 0 Å². The monoisotopic (exact) mass is 249 g/mol. The summed E-state index contributed by atoms with van der Waals surface area (Å²) in [5.41, 5.74) is 4.46. The SMILES string of the molecule is CC(C)c1nccc2c1C(C(C)C)CSCC2. The molecule has 0 saturated carbocycles. The quantitative estimate of drug-likeness (QED) is 0.778. The van der Waals surface area contributed by atoms with E-state index in [-0.39, 0.29) is 0 Å². The lowest BCUT2D eigenvalue weighted by molar-refractivity contribution is 0.531. The fourth-order valence-corrected chi connectivity index (χ4v) is 3.98. The lowest BCUT2D eigenvalue weighted by Gasteiger charge is -2.24. The molecule has 1 aliphatic heterocycles. The highest BCUT2D eigenvalue weighted by molar-refractivity contribution is 7.99. The highest BCUT2D eigenvalue weighted by Crippen LogP contribution is 2.37. The van der Waals surface area contributed by atoms with Gasteiger partial charge in [-0.2, -0.15) is 11.8 Å². The molecule has 0 amide bonds. The van der Waals surface area contributed by atoms with E-state index in [1.807, 2.05) is 6.20 Å². The molecule has 0 radical (unpaired) electrons. The van der Waals surface area contributed by atoms with Crippen LogP contribution in [0, 0.1) is 5.92 Å². The molecule has 0 bridgehead atoms. The van der Waals surface area contributed by atoms with Gasteiger partial charge in [0.15, 0.2) is 0 Å². The number of nitrogens with zero attached hydrogens (tertiary/aromatic N) is 1. The summed E-state index contributed by atoms with van der Waals surface area (Å²) < 4.78 is 0. The molecule has 0 spiro atoms. The fourth-order valence-electron chi connectivity index (χ4n) is 2.64. The molecule has 2 heterocycles. The van der Waals surface area contributed by atoms with Crippen LogP contribution in [0.1, 0.15) is 56.4 Å². The van der Waals surface area contributed by atoms with Gasteiger partial charge in [-0.05, 0) is 47.1 Å². The van der Waals surface area contributed by atoms with Crippen LogP contribution in [0.4, 0.5) is 0 Å². The van der Waals surface area contributed by atoms with Crippen LogP contribution >= 0.6 is 11.8 Å². The maximum absolute atomic E-state index is 4.66. The molecule has 17 heavy (non-hydrogen) atoms. The van der Waals surface area contributed by atoms with Crippen LogP contribution in [0.25, 0.3) is 0 Å². The maximum Gasteiger partial charge on any atom is 0.0466 e. The number of aromatic nitrogens is 1. The first-order valence-electron chi connectivity index (χ1n) is 6.66. The number of rotatable bonds is 2. The second kappa shape index (κ2) is 5.43. The van der Waals surface area contributed by atoms with Gasteiger partial charge in [0, 0.05) is 17.6 Å². The summed E-state index contributed by atoms with van der Waals surface area (Å²) in [4.78, 5) is 4.66. The molecule has 0 aliphatic carbocycles. The Hall–Kier alpha value is -0.500. The van der Waals surface area contributed by atoms with Crippen LogP contribution in [-0.4, -0.2) is 16.5 Å². The molecular formula is C15H23NS. The highest BCUT2D eigenvalue weighted by Gasteiger charge is 2.26. The minimum absolute atomic E-state index is 0.536. The zero-order valence-corrected chi connectivity index (χ0v) is 12.2. The Labute approximate surface area is 109 Å². The molecular weight excluding hydrogens is 226 g/mol. The van der Waals surface area contributed by atoms with Crippen molar-refractivity contribution in [1.82, 2.24) is 4.98 Å². The molecule has 1 aromatic rings. The summed E-state index contributed by atoms with van der Waals surface area (Å²) in [6, 6.07) is 2.24. The van der Waals surface area contributed by atoms with Crippen LogP contribution < -0.4 is 0 Å². The molecule has 0 saturated heterocycles. The molecule has 1 atom stereocenters. The number of thioether (sulfide) groups is 1. The van der Waals surface area contributed by atoms with Gasteiger partial charge in [-0.1, -0.05) is 27.7 Å². The van der Waals surface area contributed by atoms with Crippen molar-refractivity contribution >= 4 is 11.8 Å². The smallest absolute Gasteiger partial charge is 0.0466 e. The van der Waals surface area contributed by atoms with Gasteiger partial charge in [0.25, 0.3) is 0 Å². The second-order valence-corrected chi connectivity index (χ2v) is 6.75. The first-order valence-corrected chi connectivity index (χ1v) is 7.82. The van der Waals surface area contributed by atoms with Crippen LogP contribution in [0.3, 0.4) is 0 Å². The Kier molecular flexibility index (Phi) is 4.13. The van der Waals surface area contributed by atoms with Crippen molar-refractivity contribution in [3.8, 4) is 0 Å².